The smallest absolute Gasteiger partial charge is 0.0594 e. The first-order chi connectivity index (χ1) is 8.83. The first-order valence-electron chi connectivity index (χ1n) is 7.06. The van der Waals surface area contributed by atoms with Crippen LogP contribution in [0.1, 0.15) is 38.5 Å². The van der Waals surface area contributed by atoms with Gasteiger partial charge in [-0.15, -0.1) is 12.3 Å². The Morgan fingerprint density at radius 2 is 2.00 bits per heavy atom. The highest BCUT2D eigenvalue weighted by atomic mass is 16.5. The highest BCUT2D eigenvalue weighted by molar-refractivity contribution is 5.04. The molecule has 4 nitrogen and oxygen atoms in total. The van der Waals surface area contributed by atoms with Crippen molar-refractivity contribution < 1.29 is 4.74 Å². The fraction of sp³-hybridized carbons (Fsp3) is 0.857. The highest BCUT2D eigenvalue weighted by Gasteiger charge is 2.45. The maximum atomic E-state index is 5.81. The van der Waals surface area contributed by atoms with Crippen LogP contribution in [-0.2, 0) is 4.74 Å². The number of morpholine rings is 1. The van der Waals surface area contributed by atoms with E-state index in [1.807, 2.05) is 0 Å². The second kappa shape index (κ2) is 6.53. The van der Waals surface area contributed by atoms with Crippen molar-refractivity contribution in [3.05, 3.63) is 0 Å². The number of nitrogens with two attached hydrogens (primary N) is 1. The molecule has 1 unspecified atom stereocenters. The number of hydrazine groups is 1. The van der Waals surface area contributed by atoms with Crippen molar-refractivity contribution in [2.45, 2.75) is 50.1 Å². The zero-order chi connectivity index (χ0) is 12.8. The second-order valence-corrected chi connectivity index (χ2v) is 5.37. The normalized spacial score (nSPS) is 25.8. The van der Waals surface area contributed by atoms with Crippen LogP contribution in [0.15, 0.2) is 0 Å². The summed E-state index contributed by atoms with van der Waals surface area (Å²) in [6.07, 6.45) is 12.2. The molecule has 1 aliphatic carbocycles. The lowest BCUT2D eigenvalue weighted by Crippen LogP contribution is -2.63. The monoisotopic (exact) mass is 251 g/mol. The quantitative estimate of drug-likeness (QED) is 0.433. The summed E-state index contributed by atoms with van der Waals surface area (Å²) < 4.78 is 5.47. The maximum absolute atomic E-state index is 5.81. The van der Waals surface area contributed by atoms with Gasteiger partial charge in [-0.25, -0.2) is 0 Å². The van der Waals surface area contributed by atoms with Gasteiger partial charge in [0.15, 0.2) is 0 Å². The summed E-state index contributed by atoms with van der Waals surface area (Å²) in [6, 6.07) is 0.300. The Labute approximate surface area is 110 Å². The predicted molar refractivity (Wildman–Crippen MR) is 72.8 cm³/mol. The molecule has 2 rings (SSSR count). The molecule has 1 aliphatic heterocycles. The summed E-state index contributed by atoms with van der Waals surface area (Å²) in [4.78, 5) is 2.59. The Hall–Kier alpha value is -0.600. The average Bonchev–Trinajstić information content (AvgIpc) is 2.91. The summed E-state index contributed by atoms with van der Waals surface area (Å²) in [5.41, 5.74) is 3.24. The standard InChI is InChI=1S/C14H25N3O/c1-2-3-6-13(16-15)14(7-4-5-8-14)17-9-11-18-12-10-17/h1,13,16H,3-12,15H2. The molecule has 4 heteroatoms. The minimum absolute atomic E-state index is 0.204. The van der Waals surface area contributed by atoms with E-state index < -0.39 is 0 Å². The summed E-state index contributed by atoms with van der Waals surface area (Å²) >= 11 is 0. The lowest BCUT2D eigenvalue weighted by molar-refractivity contribution is -0.0367. The lowest BCUT2D eigenvalue weighted by Gasteiger charge is -2.48. The van der Waals surface area contributed by atoms with Crippen molar-refractivity contribution >= 4 is 0 Å². The molecule has 1 atom stereocenters. The van der Waals surface area contributed by atoms with E-state index in [-0.39, 0.29) is 5.54 Å². The number of hydrogen-bond donors (Lipinski definition) is 2. The zero-order valence-electron chi connectivity index (χ0n) is 11.2. The fourth-order valence-corrected chi connectivity index (χ4v) is 3.62. The van der Waals surface area contributed by atoms with Crippen LogP contribution in [0, 0.1) is 12.3 Å². The van der Waals surface area contributed by atoms with Gasteiger partial charge in [0, 0.05) is 31.1 Å². The molecule has 0 bridgehead atoms. The summed E-state index contributed by atoms with van der Waals surface area (Å²) in [5.74, 6) is 8.55. The van der Waals surface area contributed by atoms with Crippen LogP contribution in [-0.4, -0.2) is 42.8 Å². The molecular formula is C14H25N3O. The molecule has 0 aromatic heterocycles. The SMILES string of the molecule is C#CCCC(NN)C1(N2CCOCC2)CCCC1. The van der Waals surface area contributed by atoms with Crippen molar-refractivity contribution in [2.75, 3.05) is 26.3 Å². The molecule has 3 N–H and O–H groups in total. The largest absolute Gasteiger partial charge is 0.379 e. The average molecular weight is 251 g/mol. The molecule has 0 radical (unpaired) electrons. The van der Waals surface area contributed by atoms with Crippen LogP contribution >= 0.6 is 0 Å². The molecular weight excluding hydrogens is 226 g/mol. The van der Waals surface area contributed by atoms with Crippen LogP contribution in [0.25, 0.3) is 0 Å². The molecule has 18 heavy (non-hydrogen) atoms. The molecule has 0 spiro atoms. The number of nitrogens with one attached hydrogen (secondary N) is 1. The first kappa shape index (κ1) is 13.8. The second-order valence-electron chi connectivity index (χ2n) is 5.37. The third-order valence-electron chi connectivity index (χ3n) is 4.54. The first-order valence-corrected chi connectivity index (χ1v) is 7.06. The van der Waals surface area contributed by atoms with Crippen LogP contribution in [0.5, 0.6) is 0 Å². The van der Waals surface area contributed by atoms with E-state index in [9.17, 15) is 0 Å². The third kappa shape index (κ3) is 2.70. The van der Waals surface area contributed by atoms with Gasteiger partial charge in [-0.1, -0.05) is 12.8 Å². The van der Waals surface area contributed by atoms with Crippen molar-refractivity contribution in [3.63, 3.8) is 0 Å². The Morgan fingerprint density at radius 1 is 1.33 bits per heavy atom. The van der Waals surface area contributed by atoms with Crippen molar-refractivity contribution in [1.82, 2.24) is 10.3 Å². The van der Waals surface area contributed by atoms with Gasteiger partial charge >= 0.3 is 0 Å². The molecule has 1 saturated heterocycles. The number of ether oxygens (including phenoxy) is 1. The molecule has 1 heterocycles. The molecule has 0 aromatic rings. The van der Waals surface area contributed by atoms with E-state index in [2.05, 4.69) is 16.2 Å². The number of nitrogens with zero attached hydrogens (tertiary/aromatic N) is 1. The highest BCUT2D eigenvalue weighted by Crippen LogP contribution is 2.39. The van der Waals surface area contributed by atoms with E-state index in [1.165, 1.54) is 25.7 Å². The van der Waals surface area contributed by atoms with Gasteiger partial charge in [0.1, 0.15) is 0 Å². The number of hydrogen-bond acceptors (Lipinski definition) is 4. The van der Waals surface area contributed by atoms with E-state index in [1.54, 1.807) is 0 Å². The van der Waals surface area contributed by atoms with Gasteiger partial charge in [0.25, 0.3) is 0 Å². The van der Waals surface area contributed by atoms with E-state index in [4.69, 9.17) is 17.0 Å². The summed E-state index contributed by atoms with van der Waals surface area (Å²) in [6.45, 7) is 3.73. The van der Waals surface area contributed by atoms with E-state index in [0.717, 1.165) is 39.1 Å². The van der Waals surface area contributed by atoms with E-state index >= 15 is 0 Å². The Bertz CT molecular complexity index is 288. The zero-order valence-corrected chi connectivity index (χ0v) is 11.2. The molecule has 0 amide bonds. The molecule has 102 valence electrons. The Morgan fingerprint density at radius 3 is 2.56 bits per heavy atom. The number of terminal acetylenes is 1. The Balaban J connectivity index is 2.10. The minimum Gasteiger partial charge on any atom is -0.379 e. The number of rotatable bonds is 5. The summed E-state index contributed by atoms with van der Waals surface area (Å²) in [7, 11) is 0. The van der Waals surface area contributed by atoms with Gasteiger partial charge < -0.3 is 4.74 Å². The van der Waals surface area contributed by atoms with E-state index in [0.29, 0.717) is 6.04 Å². The maximum Gasteiger partial charge on any atom is 0.0594 e. The molecule has 1 saturated carbocycles. The van der Waals surface area contributed by atoms with Crippen molar-refractivity contribution in [3.8, 4) is 12.3 Å². The molecule has 0 aromatic carbocycles. The van der Waals surface area contributed by atoms with Crippen LogP contribution in [0.4, 0.5) is 0 Å². The van der Waals surface area contributed by atoms with Gasteiger partial charge in [-0.2, -0.15) is 0 Å². The lowest BCUT2D eigenvalue weighted by atomic mass is 9.83. The van der Waals surface area contributed by atoms with Crippen LogP contribution in [0.3, 0.4) is 0 Å². The fourth-order valence-electron chi connectivity index (χ4n) is 3.62. The van der Waals surface area contributed by atoms with Crippen LogP contribution < -0.4 is 11.3 Å². The topological polar surface area (TPSA) is 50.5 Å². The van der Waals surface area contributed by atoms with Crippen molar-refractivity contribution in [1.29, 1.82) is 0 Å². The Kier molecular flexibility index (Phi) is 5.02. The van der Waals surface area contributed by atoms with Gasteiger partial charge in [-0.3, -0.25) is 16.2 Å². The predicted octanol–water partition coefficient (Wildman–Crippen LogP) is 0.877. The minimum atomic E-state index is 0.204. The van der Waals surface area contributed by atoms with Gasteiger partial charge in [-0.05, 0) is 19.3 Å². The van der Waals surface area contributed by atoms with Gasteiger partial charge in [0.2, 0.25) is 0 Å². The molecule has 2 aliphatic rings. The van der Waals surface area contributed by atoms with Gasteiger partial charge in [0.05, 0.1) is 13.2 Å². The summed E-state index contributed by atoms with van der Waals surface area (Å²) in [5, 5.41) is 0. The third-order valence-corrected chi connectivity index (χ3v) is 4.54. The molecule has 2 fully saturated rings. The van der Waals surface area contributed by atoms with Crippen LogP contribution in [0.2, 0.25) is 0 Å². The van der Waals surface area contributed by atoms with Crippen molar-refractivity contribution in [2.24, 2.45) is 5.84 Å².